The Bertz CT molecular complexity index is 2820. The van der Waals surface area contributed by atoms with Crippen molar-refractivity contribution in [1.82, 2.24) is 0 Å². The molecule has 9 aromatic carbocycles. The molecule has 0 heteroatoms. The molecule has 52 heavy (non-hydrogen) atoms. The fraction of sp³-hybridized carbons (Fsp3) is 0.0769. The van der Waals surface area contributed by atoms with E-state index in [1.54, 1.807) is 0 Å². The molecular weight excluding hydrogens is 625 g/mol. The maximum atomic E-state index is 2.47. The lowest BCUT2D eigenvalue weighted by Gasteiger charge is -2.22. The van der Waals surface area contributed by atoms with Crippen LogP contribution in [0.5, 0.6) is 0 Å². The van der Waals surface area contributed by atoms with Gasteiger partial charge in [0.15, 0.2) is 0 Å². The minimum absolute atomic E-state index is 0.0595. The molecule has 0 aliphatic heterocycles. The van der Waals surface area contributed by atoms with E-state index < -0.39 is 0 Å². The smallest absolute Gasteiger partial charge is 0.0352 e. The van der Waals surface area contributed by atoms with Gasteiger partial charge in [-0.25, -0.2) is 0 Å². The van der Waals surface area contributed by atoms with Gasteiger partial charge in [-0.15, -0.1) is 0 Å². The van der Waals surface area contributed by atoms with Crippen molar-refractivity contribution in [2.24, 2.45) is 0 Å². The normalized spacial score (nSPS) is 14.0. The molecule has 0 fully saturated rings. The SMILES string of the molecule is CC1(C)c2ccc(-c3c4ccccc4c(-c4ccc(C5c6ccccc6-c6ccccc65)cc4)c4ccccc34)cc2-c2cc3ccccc3cc21. The van der Waals surface area contributed by atoms with Gasteiger partial charge >= 0.3 is 0 Å². The Labute approximate surface area is 304 Å². The molecule has 0 saturated heterocycles. The zero-order valence-corrected chi connectivity index (χ0v) is 29.3. The molecule has 0 bridgehead atoms. The van der Waals surface area contributed by atoms with E-state index in [0.717, 1.165) is 0 Å². The van der Waals surface area contributed by atoms with E-state index in [4.69, 9.17) is 0 Å². The molecule has 0 heterocycles. The summed E-state index contributed by atoms with van der Waals surface area (Å²) in [4.78, 5) is 0. The van der Waals surface area contributed by atoms with E-state index in [1.165, 1.54) is 105 Å². The van der Waals surface area contributed by atoms with Crippen LogP contribution in [0.4, 0.5) is 0 Å². The average Bonchev–Trinajstić information content (AvgIpc) is 3.64. The van der Waals surface area contributed by atoms with Crippen LogP contribution in [0.25, 0.3) is 76.8 Å². The van der Waals surface area contributed by atoms with Gasteiger partial charge in [0.05, 0.1) is 0 Å². The summed E-state index contributed by atoms with van der Waals surface area (Å²) in [6.07, 6.45) is 0. The highest BCUT2D eigenvalue weighted by atomic mass is 14.4. The van der Waals surface area contributed by atoms with Crippen molar-refractivity contribution in [3.63, 3.8) is 0 Å². The van der Waals surface area contributed by atoms with Gasteiger partial charge in [0.2, 0.25) is 0 Å². The van der Waals surface area contributed by atoms with Gasteiger partial charge in [-0.1, -0.05) is 172 Å². The van der Waals surface area contributed by atoms with Crippen LogP contribution in [0.1, 0.15) is 47.6 Å². The first-order valence-electron chi connectivity index (χ1n) is 18.5. The van der Waals surface area contributed by atoms with Crippen LogP contribution in [0.3, 0.4) is 0 Å². The van der Waals surface area contributed by atoms with Crippen molar-refractivity contribution in [3.05, 3.63) is 204 Å². The van der Waals surface area contributed by atoms with Crippen LogP contribution < -0.4 is 0 Å². The van der Waals surface area contributed by atoms with Crippen LogP contribution in [0, 0.1) is 0 Å². The largest absolute Gasteiger partial charge is 0.0619 e. The highest BCUT2D eigenvalue weighted by molar-refractivity contribution is 6.21. The van der Waals surface area contributed by atoms with Gasteiger partial charge in [0, 0.05) is 11.3 Å². The van der Waals surface area contributed by atoms with E-state index in [1.807, 2.05) is 0 Å². The van der Waals surface area contributed by atoms with Gasteiger partial charge in [0.1, 0.15) is 0 Å². The van der Waals surface area contributed by atoms with Crippen molar-refractivity contribution in [3.8, 4) is 44.5 Å². The van der Waals surface area contributed by atoms with Crippen molar-refractivity contribution in [1.29, 1.82) is 0 Å². The Morgan fingerprint density at radius 1 is 0.365 bits per heavy atom. The Balaban J connectivity index is 1.09. The summed E-state index contributed by atoms with van der Waals surface area (Å²) < 4.78 is 0. The fourth-order valence-electron chi connectivity index (χ4n) is 9.70. The lowest BCUT2D eigenvalue weighted by Crippen LogP contribution is -2.14. The summed E-state index contributed by atoms with van der Waals surface area (Å²) in [6, 6.07) is 66.1. The maximum absolute atomic E-state index is 2.47. The third kappa shape index (κ3) is 4.10. The third-order valence-electron chi connectivity index (χ3n) is 12.1. The van der Waals surface area contributed by atoms with Crippen LogP contribution in [-0.4, -0.2) is 0 Å². The standard InChI is InChI=1S/C52H36/c1-52(2)47-28-27-36(30-45(47)46-29-34-13-3-4-14-35(34)31-48(46)52)51-43-21-11-9-19-41(43)50(42-20-10-12-22-44(42)51)33-25-23-32(24-26-33)49-39-17-7-5-15-37(39)38-16-6-8-18-40(38)49/h3-31,49H,1-2H3. The van der Waals surface area contributed by atoms with E-state index in [9.17, 15) is 0 Å². The quantitative estimate of drug-likeness (QED) is 0.165. The predicted octanol–water partition coefficient (Wildman–Crippen LogP) is 13.9. The topological polar surface area (TPSA) is 0 Å². The highest BCUT2D eigenvalue weighted by Crippen LogP contribution is 2.53. The summed E-state index contributed by atoms with van der Waals surface area (Å²) in [6.45, 7) is 4.75. The molecule has 0 N–H and O–H groups in total. The number of hydrogen-bond donors (Lipinski definition) is 0. The molecule has 0 saturated carbocycles. The number of fused-ring (bicyclic) bond motifs is 9. The molecule has 0 amide bonds. The molecular formula is C52H36. The first-order chi connectivity index (χ1) is 25.6. The van der Waals surface area contributed by atoms with Gasteiger partial charge in [-0.3, -0.25) is 0 Å². The van der Waals surface area contributed by atoms with Crippen LogP contribution >= 0.6 is 0 Å². The van der Waals surface area contributed by atoms with E-state index in [2.05, 4.69) is 190 Å². The van der Waals surface area contributed by atoms with Crippen molar-refractivity contribution < 1.29 is 0 Å². The van der Waals surface area contributed by atoms with Crippen LogP contribution in [0.2, 0.25) is 0 Å². The van der Waals surface area contributed by atoms with Gasteiger partial charge in [-0.05, 0) is 123 Å². The highest BCUT2D eigenvalue weighted by Gasteiger charge is 2.36. The molecule has 0 nitrogen and oxygen atoms in total. The summed E-state index contributed by atoms with van der Waals surface area (Å²) >= 11 is 0. The second-order valence-corrected chi connectivity index (χ2v) is 15.2. The molecule has 0 aromatic heterocycles. The maximum Gasteiger partial charge on any atom is 0.0352 e. The van der Waals surface area contributed by atoms with Gasteiger partial charge in [0.25, 0.3) is 0 Å². The first-order valence-corrected chi connectivity index (χ1v) is 18.5. The van der Waals surface area contributed by atoms with E-state index in [0.29, 0.717) is 0 Å². The number of benzene rings is 9. The fourth-order valence-corrected chi connectivity index (χ4v) is 9.70. The molecule has 0 radical (unpaired) electrons. The van der Waals surface area contributed by atoms with Gasteiger partial charge in [-0.2, -0.15) is 0 Å². The predicted molar refractivity (Wildman–Crippen MR) is 220 cm³/mol. The van der Waals surface area contributed by atoms with Crippen LogP contribution in [-0.2, 0) is 5.41 Å². The second kappa shape index (κ2) is 10.9. The van der Waals surface area contributed by atoms with Gasteiger partial charge < -0.3 is 0 Å². The zero-order valence-electron chi connectivity index (χ0n) is 29.3. The number of hydrogen-bond acceptors (Lipinski definition) is 0. The summed E-state index contributed by atoms with van der Waals surface area (Å²) in [5.74, 6) is 0.241. The Hall–Kier alpha value is -6.24. The molecule has 244 valence electrons. The average molecular weight is 661 g/mol. The Morgan fingerprint density at radius 2 is 0.827 bits per heavy atom. The molecule has 2 aliphatic rings. The summed E-state index contributed by atoms with van der Waals surface area (Å²) in [7, 11) is 0. The molecule has 0 unspecified atom stereocenters. The monoisotopic (exact) mass is 660 g/mol. The number of rotatable bonds is 3. The van der Waals surface area contributed by atoms with Crippen molar-refractivity contribution in [2.45, 2.75) is 25.2 Å². The third-order valence-corrected chi connectivity index (χ3v) is 12.1. The Morgan fingerprint density at radius 3 is 1.42 bits per heavy atom. The molecule has 11 rings (SSSR count). The lowest BCUT2D eigenvalue weighted by atomic mass is 9.81. The Kier molecular flexibility index (Phi) is 6.17. The summed E-state index contributed by atoms with van der Waals surface area (Å²) in [5.41, 5.74) is 17.4. The zero-order chi connectivity index (χ0) is 34.6. The van der Waals surface area contributed by atoms with Crippen molar-refractivity contribution >= 4 is 32.3 Å². The minimum Gasteiger partial charge on any atom is -0.0619 e. The minimum atomic E-state index is -0.0595. The molecule has 9 aromatic rings. The first kappa shape index (κ1) is 29.5. The van der Waals surface area contributed by atoms with Crippen LogP contribution in [0.15, 0.2) is 176 Å². The van der Waals surface area contributed by atoms with E-state index in [-0.39, 0.29) is 11.3 Å². The van der Waals surface area contributed by atoms with E-state index >= 15 is 0 Å². The molecule has 2 aliphatic carbocycles. The van der Waals surface area contributed by atoms with Crippen molar-refractivity contribution in [2.75, 3.05) is 0 Å². The lowest BCUT2D eigenvalue weighted by molar-refractivity contribution is 0.661. The molecule has 0 atom stereocenters. The summed E-state index contributed by atoms with van der Waals surface area (Å²) in [5, 5.41) is 7.74. The molecule has 0 spiro atoms. The second-order valence-electron chi connectivity index (χ2n) is 15.2.